The maximum atomic E-state index is 4.75. The summed E-state index contributed by atoms with van der Waals surface area (Å²) in [5.41, 5.74) is 4.95. The highest BCUT2D eigenvalue weighted by molar-refractivity contribution is 5.29. The molecule has 3 heterocycles. The second-order valence-corrected chi connectivity index (χ2v) is 4.82. The first kappa shape index (κ1) is 12.2. The summed E-state index contributed by atoms with van der Waals surface area (Å²) in [5, 5.41) is 3.40. The molecule has 19 heavy (non-hydrogen) atoms. The summed E-state index contributed by atoms with van der Waals surface area (Å²) >= 11 is 0. The molecular weight excluding hydrogens is 236 g/mol. The summed E-state index contributed by atoms with van der Waals surface area (Å²) in [6.45, 7) is 4.09. The molecule has 1 aliphatic rings. The van der Waals surface area contributed by atoms with E-state index in [1.54, 1.807) is 0 Å². The van der Waals surface area contributed by atoms with Crippen LogP contribution >= 0.6 is 0 Å². The molecule has 4 nitrogen and oxygen atoms in total. The molecule has 0 spiro atoms. The lowest BCUT2D eigenvalue weighted by molar-refractivity contribution is 0.611. The minimum absolute atomic E-state index is 0.788. The molecule has 0 unspecified atom stereocenters. The van der Waals surface area contributed by atoms with Gasteiger partial charge in [0, 0.05) is 49.6 Å². The van der Waals surface area contributed by atoms with Crippen molar-refractivity contribution in [3.63, 3.8) is 0 Å². The summed E-state index contributed by atoms with van der Waals surface area (Å²) in [6.07, 6.45) is 6.40. The fourth-order valence-electron chi connectivity index (χ4n) is 2.52. The fraction of sp³-hybridized carbons (Fsp3) is 0.400. The Balaban J connectivity index is 1.94. The molecule has 98 valence electrons. The van der Waals surface area contributed by atoms with Gasteiger partial charge in [-0.2, -0.15) is 0 Å². The third-order valence-electron chi connectivity index (χ3n) is 3.51. The highest BCUT2D eigenvalue weighted by Gasteiger charge is 2.16. The smallest absolute Gasteiger partial charge is 0.133 e. The number of nitrogens with zero attached hydrogens (tertiary/aromatic N) is 3. The van der Waals surface area contributed by atoms with Crippen LogP contribution in [0.5, 0.6) is 0 Å². The Labute approximate surface area is 113 Å². The minimum Gasteiger partial charge on any atom is -0.312 e. The van der Waals surface area contributed by atoms with Crippen LogP contribution < -0.4 is 5.32 Å². The van der Waals surface area contributed by atoms with Gasteiger partial charge in [-0.25, -0.2) is 9.97 Å². The van der Waals surface area contributed by atoms with Crippen LogP contribution in [0.1, 0.15) is 35.3 Å². The van der Waals surface area contributed by atoms with Gasteiger partial charge in [-0.05, 0) is 24.1 Å². The molecule has 0 aromatic carbocycles. The number of aromatic nitrogens is 3. The van der Waals surface area contributed by atoms with E-state index in [1.165, 1.54) is 22.5 Å². The molecule has 0 saturated carbocycles. The van der Waals surface area contributed by atoms with Crippen LogP contribution in [0.2, 0.25) is 0 Å². The molecule has 2 aromatic rings. The van der Waals surface area contributed by atoms with E-state index in [-0.39, 0.29) is 0 Å². The highest BCUT2D eigenvalue weighted by atomic mass is 14.9. The van der Waals surface area contributed by atoms with Crippen molar-refractivity contribution in [1.29, 1.82) is 0 Å². The van der Waals surface area contributed by atoms with Gasteiger partial charge in [0.05, 0.1) is 5.69 Å². The van der Waals surface area contributed by atoms with Crippen LogP contribution in [-0.2, 0) is 25.8 Å². The van der Waals surface area contributed by atoms with E-state index < -0.39 is 0 Å². The van der Waals surface area contributed by atoms with E-state index >= 15 is 0 Å². The van der Waals surface area contributed by atoms with Gasteiger partial charge in [-0.3, -0.25) is 4.98 Å². The van der Waals surface area contributed by atoms with Crippen molar-refractivity contribution in [3.05, 3.63) is 52.9 Å². The zero-order chi connectivity index (χ0) is 13.1. The van der Waals surface area contributed by atoms with Gasteiger partial charge in [0.1, 0.15) is 5.82 Å². The van der Waals surface area contributed by atoms with Crippen molar-refractivity contribution in [2.24, 2.45) is 0 Å². The third-order valence-corrected chi connectivity index (χ3v) is 3.51. The Morgan fingerprint density at radius 1 is 1.21 bits per heavy atom. The quantitative estimate of drug-likeness (QED) is 0.905. The van der Waals surface area contributed by atoms with Crippen LogP contribution in [0, 0.1) is 0 Å². The standard InChI is InChI=1S/C15H18N4/c1-2-13-12-10-17-8-5-14(12)19-15(18-13)9-11-3-6-16-7-4-11/h3-4,6-7,17H,2,5,8-10H2,1H3. The maximum Gasteiger partial charge on any atom is 0.133 e. The van der Waals surface area contributed by atoms with Crippen molar-refractivity contribution in [1.82, 2.24) is 20.3 Å². The van der Waals surface area contributed by atoms with E-state index in [0.29, 0.717) is 0 Å². The third kappa shape index (κ3) is 2.63. The zero-order valence-electron chi connectivity index (χ0n) is 11.2. The van der Waals surface area contributed by atoms with E-state index in [2.05, 4.69) is 17.2 Å². The van der Waals surface area contributed by atoms with Crippen LogP contribution in [0.25, 0.3) is 0 Å². The van der Waals surface area contributed by atoms with Crippen LogP contribution in [0.15, 0.2) is 24.5 Å². The summed E-state index contributed by atoms with van der Waals surface area (Å²) in [4.78, 5) is 13.5. The molecule has 1 aliphatic heterocycles. The fourth-order valence-corrected chi connectivity index (χ4v) is 2.52. The Bertz CT molecular complexity index is 549. The molecule has 2 aromatic heterocycles. The SMILES string of the molecule is CCc1nc(Cc2ccncc2)nc2c1CNCC2. The van der Waals surface area contributed by atoms with E-state index in [1.807, 2.05) is 24.5 Å². The van der Waals surface area contributed by atoms with Gasteiger partial charge in [0.15, 0.2) is 0 Å². The first-order chi connectivity index (χ1) is 9.36. The molecule has 0 fully saturated rings. The molecule has 0 aliphatic carbocycles. The number of rotatable bonds is 3. The van der Waals surface area contributed by atoms with Crippen molar-refractivity contribution in [2.75, 3.05) is 6.54 Å². The molecule has 0 amide bonds. The Morgan fingerprint density at radius 2 is 2.05 bits per heavy atom. The second kappa shape index (κ2) is 5.45. The number of pyridine rings is 1. The van der Waals surface area contributed by atoms with Gasteiger partial charge in [0.25, 0.3) is 0 Å². The molecule has 0 atom stereocenters. The summed E-state index contributed by atoms with van der Waals surface area (Å²) in [5.74, 6) is 0.934. The Morgan fingerprint density at radius 3 is 2.84 bits per heavy atom. The number of nitrogens with one attached hydrogen (secondary N) is 1. The summed E-state index contributed by atoms with van der Waals surface area (Å²) in [6, 6.07) is 4.05. The van der Waals surface area contributed by atoms with Crippen LogP contribution in [0.4, 0.5) is 0 Å². The predicted octanol–water partition coefficient (Wildman–Crippen LogP) is 1.67. The van der Waals surface area contributed by atoms with Crippen molar-refractivity contribution in [2.45, 2.75) is 32.7 Å². The molecule has 0 saturated heterocycles. The molecular formula is C15H18N4. The van der Waals surface area contributed by atoms with Gasteiger partial charge in [0.2, 0.25) is 0 Å². The topological polar surface area (TPSA) is 50.7 Å². The number of aryl methyl sites for hydroxylation is 1. The largest absolute Gasteiger partial charge is 0.312 e. The second-order valence-electron chi connectivity index (χ2n) is 4.82. The maximum absolute atomic E-state index is 4.75. The van der Waals surface area contributed by atoms with Gasteiger partial charge < -0.3 is 5.32 Å². The monoisotopic (exact) mass is 254 g/mol. The van der Waals surface area contributed by atoms with Crippen LogP contribution in [-0.4, -0.2) is 21.5 Å². The first-order valence-corrected chi connectivity index (χ1v) is 6.84. The van der Waals surface area contributed by atoms with Crippen LogP contribution in [0.3, 0.4) is 0 Å². The van der Waals surface area contributed by atoms with Crippen molar-refractivity contribution in [3.8, 4) is 0 Å². The van der Waals surface area contributed by atoms with E-state index in [0.717, 1.165) is 38.2 Å². The first-order valence-electron chi connectivity index (χ1n) is 6.84. The number of fused-ring (bicyclic) bond motifs is 1. The average Bonchev–Trinajstić information content (AvgIpc) is 2.47. The molecule has 1 N–H and O–H groups in total. The lowest BCUT2D eigenvalue weighted by atomic mass is 10.0. The zero-order valence-corrected chi connectivity index (χ0v) is 11.2. The lowest BCUT2D eigenvalue weighted by Crippen LogP contribution is -2.27. The van der Waals surface area contributed by atoms with Gasteiger partial charge in [-0.1, -0.05) is 6.92 Å². The van der Waals surface area contributed by atoms with Gasteiger partial charge >= 0.3 is 0 Å². The van der Waals surface area contributed by atoms with E-state index in [9.17, 15) is 0 Å². The van der Waals surface area contributed by atoms with Crippen molar-refractivity contribution >= 4 is 0 Å². The van der Waals surface area contributed by atoms with Gasteiger partial charge in [-0.15, -0.1) is 0 Å². The Hall–Kier alpha value is -1.81. The number of hydrogen-bond acceptors (Lipinski definition) is 4. The number of hydrogen-bond donors (Lipinski definition) is 1. The average molecular weight is 254 g/mol. The summed E-state index contributed by atoms with van der Waals surface area (Å²) in [7, 11) is 0. The summed E-state index contributed by atoms with van der Waals surface area (Å²) < 4.78 is 0. The predicted molar refractivity (Wildman–Crippen MR) is 73.9 cm³/mol. The van der Waals surface area contributed by atoms with Crippen molar-refractivity contribution < 1.29 is 0 Å². The lowest BCUT2D eigenvalue weighted by Gasteiger charge is -2.19. The molecule has 3 rings (SSSR count). The molecule has 0 radical (unpaired) electrons. The highest BCUT2D eigenvalue weighted by Crippen LogP contribution is 2.17. The molecule has 0 bridgehead atoms. The normalized spacial score (nSPS) is 14.2. The molecule has 4 heteroatoms. The van der Waals surface area contributed by atoms with E-state index in [4.69, 9.17) is 9.97 Å². The Kier molecular flexibility index (Phi) is 3.51. The minimum atomic E-state index is 0.788.